The quantitative estimate of drug-likeness (QED) is 0.434. The first-order valence-electron chi connectivity index (χ1n) is 2.21. The van der Waals surface area contributed by atoms with Gasteiger partial charge in [0.25, 0.3) is 0 Å². The maximum Gasteiger partial charge on any atom is 0.165 e. The number of hydrogen-bond donors (Lipinski definition) is 2. The molecular weight excluding hydrogens is 76.1 g/mol. The minimum atomic E-state index is 1.22. The molecule has 0 amide bonds. The van der Waals surface area contributed by atoms with Crippen LogP contribution in [0, 0.1) is 0 Å². The Hall–Kier alpha value is -0.920. The Morgan fingerprint density at radius 1 is 1.17 bits per heavy atom. The van der Waals surface area contributed by atoms with E-state index < -0.39 is 0 Å². The number of rotatable bonds is 0. The van der Waals surface area contributed by atoms with Crippen LogP contribution in [0.2, 0.25) is 1.41 Å². The highest BCUT2D eigenvalue weighted by molar-refractivity contribution is 4.95. The van der Waals surface area contributed by atoms with Crippen molar-refractivity contribution in [3.63, 3.8) is 0 Å². The fourth-order valence-corrected chi connectivity index (χ4v) is 0.277. The van der Waals surface area contributed by atoms with Crippen LogP contribution < -0.4 is 10.6 Å². The lowest BCUT2D eigenvalue weighted by molar-refractivity contribution is 1.04. The smallest absolute Gasteiger partial charge is 0.165 e. The van der Waals surface area contributed by atoms with Gasteiger partial charge in [-0.05, 0) is 0 Å². The van der Waals surface area contributed by atoms with Gasteiger partial charge in [-0.25, -0.2) is 0 Å². The van der Waals surface area contributed by atoms with E-state index in [0.717, 1.165) is 0 Å². The van der Waals surface area contributed by atoms with Crippen molar-refractivity contribution in [2.75, 3.05) is 0 Å². The average Bonchev–Trinajstić information content (AvgIpc) is 1.69. The van der Waals surface area contributed by atoms with E-state index >= 15 is 0 Å². The summed E-state index contributed by atoms with van der Waals surface area (Å²) in [6.45, 7) is 0. The van der Waals surface area contributed by atoms with E-state index in [4.69, 9.17) is 1.41 Å². The lowest BCUT2D eigenvalue weighted by atomic mass is 10.7. The summed E-state index contributed by atoms with van der Waals surface area (Å²) in [5.74, 6) is 0. The Labute approximate surface area is 38.0 Å². The molecule has 1 aliphatic heterocycles. The lowest BCUT2D eigenvalue weighted by Gasteiger charge is -1.95. The van der Waals surface area contributed by atoms with Gasteiger partial charge < -0.3 is 10.6 Å². The van der Waals surface area contributed by atoms with Gasteiger partial charge in [-0.3, -0.25) is 0 Å². The maximum atomic E-state index is 6.89. The molecule has 0 aliphatic carbocycles. The van der Waals surface area contributed by atoms with Crippen molar-refractivity contribution in [2.45, 2.75) is 0 Å². The zero-order chi connectivity index (χ0) is 5.11. The summed E-state index contributed by atoms with van der Waals surface area (Å²) in [5.41, 5.74) is 0. The highest BCUT2D eigenvalue weighted by atomic mass is 14.9. The third-order valence-electron chi connectivity index (χ3n) is 0.514. The fraction of sp³-hybridized carbons (Fsp3) is 0. The van der Waals surface area contributed by atoms with Crippen molar-refractivity contribution < 1.29 is 1.41 Å². The van der Waals surface area contributed by atoms with Gasteiger partial charge in [0.1, 0.15) is 0 Å². The van der Waals surface area contributed by atoms with E-state index in [9.17, 15) is 0 Å². The number of hydrogen-bond acceptors (Lipinski definition) is 2. The minimum absolute atomic E-state index is 1.22. The van der Waals surface area contributed by atoms with Gasteiger partial charge >= 0.3 is 0 Å². The Kier molecular flexibility index (Phi) is 0.572. The van der Waals surface area contributed by atoms with Gasteiger partial charge in [0.15, 0.2) is 1.41 Å². The van der Waals surface area contributed by atoms with Gasteiger partial charge in [-0.2, -0.15) is 0 Å². The minimum Gasteiger partial charge on any atom is -0.365 e. The third-order valence-corrected chi connectivity index (χ3v) is 0.514. The van der Waals surface area contributed by atoms with E-state index in [1.807, 2.05) is 0 Å². The monoisotopic (exact) mass is 83.1 g/mol. The van der Waals surface area contributed by atoms with Crippen LogP contribution in [-0.2, 0) is 0 Å². The second-order valence-electron chi connectivity index (χ2n) is 0.947. The van der Waals surface area contributed by atoms with Crippen LogP contribution in [0.3, 0.4) is 0 Å². The molecule has 1 aliphatic rings. The van der Waals surface area contributed by atoms with Crippen LogP contribution in [-0.4, -0.2) is 0 Å². The molecule has 2 N–H and O–H groups in total. The first-order valence-corrected chi connectivity index (χ1v) is 1.76. The predicted molar refractivity (Wildman–Crippen MR) is 24.6 cm³/mol. The van der Waals surface area contributed by atoms with Crippen molar-refractivity contribution in [2.24, 2.45) is 0 Å². The van der Waals surface area contributed by atoms with Crippen molar-refractivity contribution >= 4 is 0 Å². The van der Waals surface area contributed by atoms with Crippen LogP contribution in [0.25, 0.3) is 0 Å². The van der Waals surface area contributed by atoms with Crippen LogP contribution in [0.4, 0.5) is 0 Å². The van der Waals surface area contributed by atoms with Crippen molar-refractivity contribution in [3.8, 4) is 0 Å². The molecule has 0 saturated carbocycles. The molecule has 2 heteroatoms. The molecule has 6 heavy (non-hydrogen) atoms. The lowest BCUT2D eigenvalue weighted by Crippen LogP contribution is -2.05. The largest absolute Gasteiger partial charge is 0.365 e. The van der Waals surface area contributed by atoms with E-state index in [-0.39, 0.29) is 0 Å². The van der Waals surface area contributed by atoms with Crippen LogP contribution >= 0.6 is 0 Å². The van der Waals surface area contributed by atoms with E-state index in [1.165, 1.54) is 5.31 Å². The maximum absolute atomic E-state index is 6.89. The van der Waals surface area contributed by atoms with Gasteiger partial charge in [0.05, 0.1) is 0 Å². The first-order chi connectivity index (χ1) is 3.39. The van der Waals surface area contributed by atoms with E-state index in [0.29, 0.717) is 0 Å². The van der Waals surface area contributed by atoms with E-state index in [2.05, 4.69) is 5.32 Å². The van der Waals surface area contributed by atoms with E-state index in [1.54, 1.807) is 24.8 Å². The van der Waals surface area contributed by atoms with Crippen LogP contribution in [0.5, 0.6) is 0 Å². The van der Waals surface area contributed by atoms with Crippen LogP contribution in [0.15, 0.2) is 24.8 Å². The van der Waals surface area contributed by atoms with Crippen molar-refractivity contribution in [1.29, 1.82) is 0 Å². The summed E-state index contributed by atoms with van der Waals surface area (Å²) in [5, 5.41) is 4.01. The summed E-state index contributed by atoms with van der Waals surface area (Å²) in [6.07, 6.45) is 6.60. The molecule has 0 radical (unpaired) electrons. The SMILES string of the molecule is [2H]N1C=CNC=C1. The predicted octanol–water partition coefficient (Wildman–Crippen LogP) is 0.122. The Bertz CT molecular complexity index is 96.3. The molecule has 0 spiro atoms. The molecule has 2 nitrogen and oxygen atoms in total. The standard InChI is InChI=1S/C4H6N2/c1-2-6-4-3-5-1/h1-6H/i/hD. The molecule has 0 unspecified atom stereocenters. The molecule has 0 aromatic heterocycles. The fourth-order valence-electron chi connectivity index (χ4n) is 0.277. The van der Waals surface area contributed by atoms with Crippen molar-refractivity contribution in [3.05, 3.63) is 24.8 Å². The molecule has 1 rings (SSSR count). The molecule has 0 aromatic carbocycles. The zero-order valence-electron chi connectivity index (χ0n) is 4.26. The van der Waals surface area contributed by atoms with Gasteiger partial charge in [0.2, 0.25) is 0 Å². The molecular formula is C4H6N2. The normalized spacial score (nSPS) is 20.0. The van der Waals surface area contributed by atoms with Crippen molar-refractivity contribution in [1.82, 2.24) is 10.6 Å². The molecule has 0 bridgehead atoms. The second kappa shape index (κ2) is 1.50. The van der Waals surface area contributed by atoms with Crippen LogP contribution in [0.1, 0.15) is 0 Å². The summed E-state index contributed by atoms with van der Waals surface area (Å²) < 4.78 is 6.89. The van der Waals surface area contributed by atoms with Gasteiger partial charge in [-0.1, -0.05) is 0 Å². The highest BCUT2D eigenvalue weighted by Gasteiger charge is 1.70. The summed E-state index contributed by atoms with van der Waals surface area (Å²) in [4.78, 5) is 0. The number of nitrogens with one attached hydrogen (secondary N) is 2. The van der Waals surface area contributed by atoms with Gasteiger partial charge in [0, 0.05) is 24.8 Å². The summed E-state index contributed by atoms with van der Waals surface area (Å²) in [7, 11) is 0. The Morgan fingerprint density at radius 2 is 1.83 bits per heavy atom. The molecule has 32 valence electrons. The zero-order valence-corrected chi connectivity index (χ0v) is 3.26. The summed E-state index contributed by atoms with van der Waals surface area (Å²) >= 11 is 0. The molecule has 0 saturated heterocycles. The third kappa shape index (κ3) is 0.516. The Morgan fingerprint density at radius 3 is 2.17 bits per heavy atom. The topological polar surface area (TPSA) is 24.1 Å². The highest BCUT2D eigenvalue weighted by Crippen LogP contribution is 1.70. The average molecular weight is 83.1 g/mol. The Balaban J connectivity index is 2.49. The van der Waals surface area contributed by atoms with Gasteiger partial charge in [-0.15, -0.1) is 0 Å². The molecule has 0 atom stereocenters. The second-order valence-corrected chi connectivity index (χ2v) is 0.947. The molecule has 0 aromatic rings. The molecule has 1 heterocycles. The first kappa shape index (κ1) is 2.29. The summed E-state index contributed by atoms with van der Waals surface area (Å²) in [6, 6.07) is 0. The molecule has 0 fully saturated rings.